The van der Waals surface area contributed by atoms with Crippen molar-refractivity contribution in [2.45, 2.75) is 0 Å². The number of ether oxygens (including phenoxy) is 3. The van der Waals surface area contributed by atoms with E-state index < -0.39 is 5.97 Å². The molecule has 0 amide bonds. The first-order chi connectivity index (χ1) is 14.5. The Morgan fingerprint density at radius 2 is 1.53 bits per heavy atom. The van der Waals surface area contributed by atoms with Crippen molar-refractivity contribution in [2.75, 3.05) is 14.2 Å². The van der Waals surface area contributed by atoms with E-state index in [1.165, 1.54) is 20.3 Å². The van der Waals surface area contributed by atoms with E-state index in [1.54, 1.807) is 54.6 Å². The van der Waals surface area contributed by atoms with Gasteiger partial charge in [0.05, 0.1) is 19.8 Å². The monoisotopic (exact) mass is 466 g/mol. The van der Waals surface area contributed by atoms with Crippen LogP contribution in [0.5, 0.6) is 17.2 Å². The number of allylic oxidation sites excluding steroid dienone is 1. The van der Waals surface area contributed by atoms with Gasteiger partial charge in [0.1, 0.15) is 5.75 Å². The fourth-order valence-corrected chi connectivity index (χ4v) is 2.96. The van der Waals surface area contributed by atoms with Crippen molar-refractivity contribution in [1.82, 2.24) is 0 Å². The molecular weight excluding hydrogens is 448 g/mol. The third-order valence-corrected chi connectivity index (χ3v) is 4.77. The second-order valence-electron chi connectivity index (χ2n) is 6.24. The summed E-state index contributed by atoms with van der Waals surface area (Å²) in [5.74, 6) is 0.693. The van der Waals surface area contributed by atoms with Crippen LogP contribution in [0.15, 0.2) is 77.3 Å². The number of methoxy groups -OCH3 is 2. The Labute approximate surface area is 183 Å². The molecule has 0 aromatic heterocycles. The molecule has 0 aliphatic heterocycles. The number of ketones is 1. The van der Waals surface area contributed by atoms with Crippen LogP contribution in [0, 0.1) is 0 Å². The Morgan fingerprint density at radius 1 is 0.833 bits per heavy atom. The molecule has 0 spiro atoms. The molecule has 5 nitrogen and oxygen atoms in total. The van der Waals surface area contributed by atoms with Gasteiger partial charge in [-0.1, -0.05) is 34.1 Å². The van der Waals surface area contributed by atoms with E-state index in [0.29, 0.717) is 28.4 Å². The maximum Gasteiger partial charge on any atom is 0.343 e. The highest BCUT2D eigenvalue weighted by Crippen LogP contribution is 2.28. The van der Waals surface area contributed by atoms with E-state index in [2.05, 4.69) is 15.9 Å². The molecule has 152 valence electrons. The summed E-state index contributed by atoms with van der Waals surface area (Å²) in [5.41, 5.74) is 1.66. The lowest BCUT2D eigenvalue weighted by Gasteiger charge is -2.09. The lowest BCUT2D eigenvalue weighted by Crippen LogP contribution is -2.09. The summed E-state index contributed by atoms with van der Waals surface area (Å²) in [7, 11) is 3.02. The number of hydrogen-bond donors (Lipinski definition) is 0. The maximum absolute atomic E-state index is 12.5. The average molecular weight is 467 g/mol. The molecule has 3 aromatic carbocycles. The Kier molecular flexibility index (Phi) is 7.03. The van der Waals surface area contributed by atoms with Crippen molar-refractivity contribution in [3.8, 4) is 17.2 Å². The topological polar surface area (TPSA) is 61.8 Å². The molecule has 0 heterocycles. The summed E-state index contributed by atoms with van der Waals surface area (Å²) in [6.45, 7) is 0. The second-order valence-corrected chi connectivity index (χ2v) is 7.15. The molecule has 30 heavy (non-hydrogen) atoms. The minimum Gasteiger partial charge on any atom is -0.493 e. The van der Waals surface area contributed by atoms with Gasteiger partial charge in [-0.25, -0.2) is 4.79 Å². The summed E-state index contributed by atoms with van der Waals surface area (Å²) in [4.78, 5) is 24.8. The molecule has 0 radical (unpaired) electrons. The van der Waals surface area contributed by atoms with E-state index in [0.717, 1.165) is 10.0 Å². The highest BCUT2D eigenvalue weighted by Gasteiger charge is 2.13. The first-order valence-electron chi connectivity index (χ1n) is 9.02. The normalized spacial score (nSPS) is 10.6. The van der Waals surface area contributed by atoms with Gasteiger partial charge in [-0.3, -0.25) is 4.79 Å². The molecule has 0 saturated heterocycles. The van der Waals surface area contributed by atoms with Gasteiger partial charge in [-0.2, -0.15) is 0 Å². The smallest absolute Gasteiger partial charge is 0.343 e. The minimum atomic E-state index is -0.525. The van der Waals surface area contributed by atoms with Crippen LogP contribution in [0.3, 0.4) is 0 Å². The molecule has 0 atom stereocenters. The average Bonchev–Trinajstić information content (AvgIpc) is 2.77. The van der Waals surface area contributed by atoms with Crippen molar-refractivity contribution in [3.05, 3.63) is 94.0 Å². The molecule has 0 aliphatic carbocycles. The van der Waals surface area contributed by atoms with Gasteiger partial charge in [-0.15, -0.1) is 0 Å². The fraction of sp³-hybridized carbons (Fsp3) is 0.0833. The van der Waals surface area contributed by atoms with Crippen molar-refractivity contribution >= 4 is 33.8 Å². The second kappa shape index (κ2) is 9.89. The predicted molar refractivity (Wildman–Crippen MR) is 118 cm³/mol. The molecule has 3 rings (SSSR count). The minimum absolute atomic E-state index is 0.116. The molecular formula is C24H19BrO5. The highest BCUT2D eigenvalue weighted by molar-refractivity contribution is 9.10. The zero-order valence-electron chi connectivity index (χ0n) is 16.4. The van der Waals surface area contributed by atoms with Gasteiger partial charge in [0.25, 0.3) is 0 Å². The van der Waals surface area contributed by atoms with Crippen molar-refractivity contribution in [2.24, 2.45) is 0 Å². The van der Waals surface area contributed by atoms with E-state index >= 15 is 0 Å². The SMILES string of the molecule is COc1ccc(C(=O)Oc2cccc(/C=C/C(=O)c3ccc(Br)cc3)c2)cc1OC. The quantitative estimate of drug-likeness (QED) is 0.197. The predicted octanol–water partition coefficient (Wildman–Crippen LogP) is 5.58. The Bertz CT molecular complexity index is 1090. The summed E-state index contributed by atoms with van der Waals surface area (Å²) >= 11 is 3.35. The fourth-order valence-electron chi connectivity index (χ4n) is 2.69. The number of carbonyl (C=O) groups is 2. The molecule has 0 bridgehead atoms. The standard InChI is InChI=1S/C24H19BrO5/c1-28-22-13-9-18(15-23(22)29-2)24(27)30-20-5-3-4-16(14-20)6-12-21(26)17-7-10-19(25)11-8-17/h3-15H,1-2H3/b12-6+. The van der Waals surface area contributed by atoms with Crippen LogP contribution < -0.4 is 14.2 Å². The summed E-state index contributed by atoms with van der Waals surface area (Å²) in [6.07, 6.45) is 3.16. The van der Waals surface area contributed by atoms with Crippen LogP contribution in [0.25, 0.3) is 6.08 Å². The molecule has 0 unspecified atom stereocenters. The van der Waals surface area contributed by atoms with Gasteiger partial charge in [0, 0.05) is 10.0 Å². The van der Waals surface area contributed by atoms with E-state index in [9.17, 15) is 9.59 Å². The van der Waals surface area contributed by atoms with Crippen molar-refractivity contribution in [3.63, 3.8) is 0 Å². The van der Waals surface area contributed by atoms with Gasteiger partial charge in [0.2, 0.25) is 0 Å². The molecule has 6 heteroatoms. The lowest BCUT2D eigenvalue weighted by molar-refractivity contribution is 0.0734. The maximum atomic E-state index is 12.5. The largest absolute Gasteiger partial charge is 0.493 e. The van der Waals surface area contributed by atoms with Crippen LogP contribution in [-0.2, 0) is 0 Å². The number of hydrogen-bond acceptors (Lipinski definition) is 5. The zero-order chi connectivity index (χ0) is 21.5. The molecule has 0 saturated carbocycles. The summed E-state index contributed by atoms with van der Waals surface area (Å²) < 4.78 is 16.8. The first-order valence-corrected chi connectivity index (χ1v) is 9.81. The number of carbonyl (C=O) groups excluding carboxylic acids is 2. The molecule has 0 N–H and O–H groups in total. The van der Waals surface area contributed by atoms with E-state index in [4.69, 9.17) is 14.2 Å². The van der Waals surface area contributed by atoms with Crippen LogP contribution in [-0.4, -0.2) is 26.0 Å². The molecule has 0 fully saturated rings. The number of esters is 1. The Hall–Kier alpha value is -3.38. The van der Waals surface area contributed by atoms with Crippen LogP contribution in [0.1, 0.15) is 26.3 Å². The zero-order valence-corrected chi connectivity index (χ0v) is 18.0. The third-order valence-electron chi connectivity index (χ3n) is 4.24. The van der Waals surface area contributed by atoms with E-state index in [1.807, 2.05) is 18.2 Å². The molecule has 0 aliphatic rings. The van der Waals surface area contributed by atoms with Gasteiger partial charge >= 0.3 is 5.97 Å². The number of rotatable bonds is 7. The van der Waals surface area contributed by atoms with Gasteiger partial charge in [-0.05, 0) is 66.2 Å². The van der Waals surface area contributed by atoms with E-state index in [-0.39, 0.29) is 5.78 Å². The van der Waals surface area contributed by atoms with Crippen molar-refractivity contribution < 1.29 is 23.8 Å². The van der Waals surface area contributed by atoms with Crippen molar-refractivity contribution in [1.29, 1.82) is 0 Å². The van der Waals surface area contributed by atoms with Crippen LogP contribution in [0.2, 0.25) is 0 Å². The Balaban J connectivity index is 1.71. The van der Waals surface area contributed by atoms with Crippen LogP contribution in [0.4, 0.5) is 0 Å². The summed E-state index contributed by atoms with van der Waals surface area (Å²) in [6, 6.07) is 18.9. The third kappa shape index (κ3) is 5.36. The first kappa shape index (κ1) is 21.3. The Morgan fingerprint density at radius 3 is 2.23 bits per heavy atom. The summed E-state index contributed by atoms with van der Waals surface area (Å²) in [5, 5.41) is 0. The van der Waals surface area contributed by atoms with Gasteiger partial charge in [0.15, 0.2) is 17.3 Å². The lowest BCUT2D eigenvalue weighted by atomic mass is 10.1. The number of benzene rings is 3. The highest BCUT2D eigenvalue weighted by atomic mass is 79.9. The van der Waals surface area contributed by atoms with Gasteiger partial charge < -0.3 is 14.2 Å². The van der Waals surface area contributed by atoms with Crippen LogP contribution >= 0.6 is 15.9 Å². The number of halogens is 1. The molecule has 3 aromatic rings.